The molecule has 1 atom stereocenters. The van der Waals surface area contributed by atoms with Crippen LogP contribution in [-0.4, -0.2) is 58.1 Å². The van der Waals surface area contributed by atoms with Crippen molar-refractivity contribution in [2.75, 3.05) is 26.7 Å². The molecule has 1 N–H and O–H groups in total. The molecule has 1 aliphatic rings. The molecule has 0 bridgehead atoms. The molecule has 1 aromatic carbocycles. The van der Waals surface area contributed by atoms with Gasteiger partial charge in [-0.2, -0.15) is 0 Å². The predicted octanol–water partition coefficient (Wildman–Crippen LogP) is 2.24. The van der Waals surface area contributed by atoms with Crippen molar-refractivity contribution in [3.63, 3.8) is 0 Å². The van der Waals surface area contributed by atoms with Crippen LogP contribution in [0.5, 0.6) is 0 Å². The first-order chi connectivity index (χ1) is 12.3. The van der Waals surface area contributed by atoms with Crippen molar-refractivity contribution in [3.8, 4) is 0 Å². The van der Waals surface area contributed by atoms with Crippen LogP contribution in [0.15, 0.2) is 42.6 Å². The molecule has 1 amide bonds. The quantitative estimate of drug-likeness (QED) is 0.892. The third-order valence-corrected chi connectivity index (χ3v) is 4.71. The second kappa shape index (κ2) is 7.51. The standard InChI is InChI=1S/C20H24FN3O2/c1-15-3-6-17(11-22-15)19(25)24-10-9-20(26,14-24)13-23(2)12-16-4-7-18(21)8-5-16/h3-8,11,26H,9-10,12-14H2,1-2H3/t20-/m0/s1. The summed E-state index contributed by atoms with van der Waals surface area (Å²) in [4.78, 5) is 20.4. The Balaban J connectivity index is 1.58. The van der Waals surface area contributed by atoms with E-state index in [0.29, 0.717) is 38.2 Å². The van der Waals surface area contributed by atoms with Gasteiger partial charge in [-0.05, 0) is 50.2 Å². The molecule has 1 saturated heterocycles. The molecule has 0 saturated carbocycles. The number of amides is 1. The maximum atomic E-state index is 13.0. The van der Waals surface area contributed by atoms with E-state index in [2.05, 4.69) is 4.98 Å². The van der Waals surface area contributed by atoms with Crippen LogP contribution in [0.4, 0.5) is 4.39 Å². The zero-order valence-corrected chi connectivity index (χ0v) is 15.2. The van der Waals surface area contributed by atoms with Crippen LogP contribution >= 0.6 is 0 Å². The van der Waals surface area contributed by atoms with Gasteiger partial charge in [0, 0.05) is 31.5 Å². The molecule has 0 spiro atoms. The van der Waals surface area contributed by atoms with Crippen LogP contribution in [-0.2, 0) is 6.54 Å². The number of carbonyl (C=O) groups is 1. The summed E-state index contributed by atoms with van der Waals surface area (Å²) in [6.07, 6.45) is 2.11. The van der Waals surface area contributed by atoms with Crippen molar-refractivity contribution in [2.24, 2.45) is 0 Å². The lowest BCUT2D eigenvalue weighted by Crippen LogP contribution is -2.44. The van der Waals surface area contributed by atoms with Crippen LogP contribution in [0.1, 0.15) is 28.0 Å². The van der Waals surface area contributed by atoms with Crippen LogP contribution in [0.3, 0.4) is 0 Å². The van der Waals surface area contributed by atoms with Gasteiger partial charge in [0.05, 0.1) is 17.7 Å². The highest BCUT2D eigenvalue weighted by atomic mass is 19.1. The maximum Gasteiger partial charge on any atom is 0.255 e. The Bertz CT molecular complexity index is 764. The number of carbonyl (C=O) groups excluding carboxylic acids is 1. The molecule has 2 aromatic rings. The third-order valence-electron chi connectivity index (χ3n) is 4.71. The zero-order valence-electron chi connectivity index (χ0n) is 15.2. The topological polar surface area (TPSA) is 56.7 Å². The monoisotopic (exact) mass is 357 g/mol. The molecular formula is C20H24FN3O2. The van der Waals surface area contributed by atoms with E-state index in [1.165, 1.54) is 12.1 Å². The van der Waals surface area contributed by atoms with Crippen LogP contribution in [0, 0.1) is 12.7 Å². The van der Waals surface area contributed by atoms with E-state index < -0.39 is 5.60 Å². The lowest BCUT2D eigenvalue weighted by Gasteiger charge is -2.29. The number of likely N-dealkylation sites (N-methyl/N-ethyl adjacent to an activating group) is 1. The molecular weight excluding hydrogens is 333 g/mol. The molecule has 26 heavy (non-hydrogen) atoms. The largest absolute Gasteiger partial charge is 0.387 e. The smallest absolute Gasteiger partial charge is 0.255 e. The Morgan fingerprint density at radius 1 is 1.31 bits per heavy atom. The average Bonchev–Trinajstić information content (AvgIpc) is 2.98. The first-order valence-corrected chi connectivity index (χ1v) is 8.72. The lowest BCUT2D eigenvalue weighted by atomic mass is 10.0. The number of aliphatic hydroxyl groups is 1. The summed E-state index contributed by atoms with van der Waals surface area (Å²) < 4.78 is 13.0. The second-order valence-corrected chi connectivity index (χ2v) is 7.19. The van der Waals surface area contributed by atoms with E-state index in [1.54, 1.807) is 29.3 Å². The zero-order chi connectivity index (χ0) is 18.7. The fraction of sp³-hybridized carbons (Fsp3) is 0.400. The summed E-state index contributed by atoms with van der Waals surface area (Å²) in [6, 6.07) is 9.93. The van der Waals surface area contributed by atoms with E-state index in [9.17, 15) is 14.3 Å². The molecule has 5 nitrogen and oxygen atoms in total. The van der Waals surface area contributed by atoms with Gasteiger partial charge in [-0.25, -0.2) is 4.39 Å². The fourth-order valence-electron chi connectivity index (χ4n) is 3.40. The highest BCUT2D eigenvalue weighted by Gasteiger charge is 2.39. The van der Waals surface area contributed by atoms with Crippen LogP contribution in [0.25, 0.3) is 0 Å². The molecule has 2 heterocycles. The van der Waals surface area contributed by atoms with Gasteiger partial charge in [0.1, 0.15) is 5.82 Å². The maximum absolute atomic E-state index is 13.0. The Morgan fingerprint density at radius 2 is 2.04 bits per heavy atom. The highest BCUT2D eigenvalue weighted by molar-refractivity contribution is 5.94. The molecule has 138 valence electrons. The molecule has 1 fully saturated rings. The molecule has 6 heteroatoms. The van der Waals surface area contributed by atoms with Gasteiger partial charge >= 0.3 is 0 Å². The highest BCUT2D eigenvalue weighted by Crippen LogP contribution is 2.24. The van der Waals surface area contributed by atoms with Crippen molar-refractivity contribution in [2.45, 2.75) is 25.5 Å². The first kappa shape index (κ1) is 18.5. The Labute approximate surface area is 153 Å². The minimum atomic E-state index is -0.942. The molecule has 1 aromatic heterocycles. The van der Waals surface area contributed by atoms with Crippen molar-refractivity contribution >= 4 is 5.91 Å². The van der Waals surface area contributed by atoms with E-state index >= 15 is 0 Å². The van der Waals surface area contributed by atoms with Crippen molar-refractivity contribution in [1.82, 2.24) is 14.8 Å². The average molecular weight is 357 g/mol. The number of halogens is 1. The number of rotatable bonds is 5. The van der Waals surface area contributed by atoms with E-state index in [1.807, 2.05) is 24.9 Å². The van der Waals surface area contributed by atoms with Crippen LogP contribution < -0.4 is 0 Å². The molecule has 0 aliphatic carbocycles. The number of aromatic nitrogens is 1. The van der Waals surface area contributed by atoms with Gasteiger partial charge in [-0.3, -0.25) is 14.7 Å². The molecule has 3 rings (SSSR count). The molecule has 1 aliphatic heterocycles. The number of pyridine rings is 1. The number of β-amino-alcohol motifs (C(OH)–C–C–N with tert-alkyl or cyclic N) is 1. The second-order valence-electron chi connectivity index (χ2n) is 7.19. The molecule has 0 unspecified atom stereocenters. The van der Waals surface area contributed by atoms with Crippen molar-refractivity contribution < 1.29 is 14.3 Å². The van der Waals surface area contributed by atoms with Gasteiger partial charge in [0.2, 0.25) is 0 Å². The number of benzene rings is 1. The third kappa shape index (κ3) is 4.45. The summed E-state index contributed by atoms with van der Waals surface area (Å²) in [7, 11) is 1.91. The fourth-order valence-corrected chi connectivity index (χ4v) is 3.40. The van der Waals surface area contributed by atoms with Crippen LogP contribution in [0.2, 0.25) is 0 Å². The van der Waals surface area contributed by atoms with E-state index in [4.69, 9.17) is 0 Å². The normalized spacial score (nSPS) is 20.0. The Morgan fingerprint density at radius 3 is 2.69 bits per heavy atom. The van der Waals surface area contributed by atoms with Gasteiger partial charge < -0.3 is 10.0 Å². The van der Waals surface area contributed by atoms with Gasteiger partial charge in [-0.15, -0.1) is 0 Å². The number of likely N-dealkylation sites (tertiary alicyclic amines) is 1. The molecule has 0 radical (unpaired) electrons. The summed E-state index contributed by atoms with van der Waals surface area (Å²) >= 11 is 0. The predicted molar refractivity (Wildman–Crippen MR) is 97.2 cm³/mol. The summed E-state index contributed by atoms with van der Waals surface area (Å²) in [5.74, 6) is -0.361. The summed E-state index contributed by atoms with van der Waals surface area (Å²) in [6.45, 7) is 3.75. The number of hydrogen-bond donors (Lipinski definition) is 1. The van der Waals surface area contributed by atoms with Gasteiger partial charge in [0.15, 0.2) is 0 Å². The number of hydrogen-bond acceptors (Lipinski definition) is 4. The summed E-state index contributed by atoms with van der Waals surface area (Å²) in [5, 5.41) is 10.9. The van der Waals surface area contributed by atoms with Gasteiger partial charge in [0.25, 0.3) is 5.91 Å². The lowest BCUT2D eigenvalue weighted by molar-refractivity contribution is 0.0163. The minimum Gasteiger partial charge on any atom is -0.387 e. The minimum absolute atomic E-state index is 0.102. The Kier molecular flexibility index (Phi) is 5.34. The first-order valence-electron chi connectivity index (χ1n) is 8.72. The van der Waals surface area contributed by atoms with Crippen molar-refractivity contribution in [3.05, 3.63) is 65.2 Å². The number of aryl methyl sites for hydroxylation is 1. The Hall–Kier alpha value is -2.31. The van der Waals surface area contributed by atoms with E-state index in [0.717, 1.165) is 11.3 Å². The van der Waals surface area contributed by atoms with E-state index in [-0.39, 0.29) is 11.7 Å². The summed E-state index contributed by atoms with van der Waals surface area (Å²) in [5.41, 5.74) is 1.44. The van der Waals surface area contributed by atoms with Gasteiger partial charge in [-0.1, -0.05) is 12.1 Å². The SMILES string of the molecule is Cc1ccc(C(=O)N2CC[C@](O)(CN(C)Cc3ccc(F)cc3)C2)cn1. The van der Waals surface area contributed by atoms with Crippen molar-refractivity contribution in [1.29, 1.82) is 0 Å². The number of nitrogens with zero attached hydrogens (tertiary/aromatic N) is 3.